The fraction of sp³-hybridized carbons (Fsp3) is 0.917. The molecule has 90 valence electrons. The third kappa shape index (κ3) is 1.96. The van der Waals surface area contributed by atoms with Gasteiger partial charge >= 0.3 is 0 Å². The van der Waals surface area contributed by atoms with Crippen LogP contribution in [0.2, 0.25) is 0 Å². The molecule has 3 fully saturated rings. The predicted octanol–water partition coefficient (Wildman–Crippen LogP) is -0.0323. The van der Waals surface area contributed by atoms with Gasteiger partial charge in [0, 0.05) is 25.0 Å². The molecule has 3 unspecified atom stereocenters. The minimum atomic E-state index is -0.167. The van der Waals surface area contributed by atoms with E-state index in [1.165, 1.54) is 12.8 Å². The third-order valence-corrected chi connectivity index (χ3v) is 4.29. The lowest BCUT2D eigenvalue weighted by atomic mass is 10.00. The largest absolute Gasteiger partial charge is 0.393 e. The molecular weight excluding hydrogens is 204 g/mol. The molecule has 0 aromatic heterocycles. The van der Waals surface area contributed by atoms with Crippen LogP contribution in [-0.2, 0) is 4.79 Å². The molecule has 1 amide bonds. The van der Waals surface area contributed by atoms with Crippen LogP contribution in [0.3, 0.4) is 0 Å². The molecule has 3 aliphatic rings. The summed E-state index contributed by atoms with van der Waals surface area (Å²) in [5.74, 6) is 1.12. The third-order valence-electron chi connectivity index (χ3n) is 4.29. The van der Waals surface area contributed by atoms with Crippen LogP contribution in [0.4, 0.5) is 0 Å². The zero-order valence-electron chi connectivity index (χ0n) is 9.56. The van der Waals surface area contributed by atoms with Gasteiger partial charge in [-0.3, -0.25) is 4.79 Å². The fourth-order valence-corrected chi connectivity index (χ4v) is 3.07. The normalized spacial score (nSPS) is 37.8. The number of hydrogen-bond acceptors (Lipinski definition) is 3. The molecule has 16 heavy (non-hydrogen) atoms. The van der Waals surface area contributed by atoms with E-state index in [0.29, 0.717) is 24.4 Å². The number of carbonyl (C=O) groups excluding carboxylic acids is 1. The van der Waals surface area contributed by atoms with E-state index in [1.807, 2.05) is 4.90 Å². The standard InChI is InChI=1S/C12H20N2O2/c15-11-4-1-8-6-14(7-10(8)11)12(16)5-13-9-2-3-9/h8-11,13,15H,1-7H2. The fourth-order valence-electron chi connectivity index (χ4n) is 3.07. The van der Waals surface area contributed by atoms with Crippen LogP contribution >= 0.6 is 0 Å². The van der Waals surface area contributed by atoms with Gasteiger partial charge in [0.05, 0.1) is 12.6 Å². The molecule has 2 aliphatic carbocycles. The van der Waals surface area contributed by atoms with Crippen molar-refractivity contribution in [2.45, 2.75) is 37.8 Å². The Morgan fingerprint density at radius 3 is 2.75 bits per heavy atom. The highest BCUT2D eigenvalue weighted by molar-refractivity contribution is 5.78. The summed E-state index contributed by atoms with van der Waals surface area (Å²) in [6.45, 7) is 2.13. The number of amides is 1. The van der Waals surface area contributed by atoms with E-state index < -0.39 is 0 Å². The smallest absolute Gasteiger partial charge is 0.236 e. The summed E-state index contributed by atoms with van der Waals surface area (Å²) < 4.78 is 0. The van der Waals surface area contributed by atoms with Crippen molar-refractivity contribution in [2.24, 2.45) is 11.8 Å². The van der Waals surface area contributed by atoms with Gasteiger partial charge in [-0.1, -0.05) is 0 Å². The van der Waals surface area contributed by atoms with Gasteiger partial charge in [-0.15, -0.1) is 0 Å². The predicted molar refractivity (Wildman–Crippen MR) is 59.8 cm³/mol. The number of carbonyl (C=O) groups is 1. The van der Waals surface area contributed by atoms with Gasteiger partial charge < -0.3 is 15.3 Å². The van der Waals surface area contributed by atoms with E-state index in [4.69, 9.17) is 0 Å². The highest BCUT2D eigenvalue weighted by Gasteiger charge is 2.43. The van der Waals surface area contributed by atoms with Crippen LogP contribution in [0.25, 0.3) is 0 Å². The van der Waals surface area contributed by atoms with E-state index in [-0.39, 0.29) is 12.0 Å². The minimum absolute atomic E-state index is 0.167. The molecule has 0 radical (unpaired) electrons. The number of aliphatic hydroxyl groups excluding tert-OH is 1. The summed E-state index contributed by atoms with van der Waals surface area (Å²) in [5.41, 5.74) is 0. The number of nitrogens with one attached hydrogen (secondary N) is 1. The van der Waals surface area contributed by atoms with E-state index in [2.05, 4.69) is 5.32 Å². The molecule has 1 saturated heterocycles. The second-order valence-corrected chi connectivity index (χ2v) is 5.52. The van der Waals surface area contributed by atoms with Gasteiger partial charge in [-0.05, 0) is 31.6 Å². The summed E-state index contributed by atoms with van der Waals surface area (Å²) in [6, 6.07) is 0.594. The maximum Gasteiger partial charge on any atom is 0.236 e. The highest BCUT2D eigenvalue weighted by Crippen LogP contribution is 2.37. The first kappa shape index (κ1) is 10.5. The van der Waals surface area contributed by atoms with Gasteiger partial charge in [0.2, 0.25) is 5.91 Å². The Bertz CT molecular complexity index is 291. The van der Waals surface area contributed by atoms with Gasteiger partial charge in [-0.2, -0.15) is 0 Å². The lowest BCUT2D eigenvalue weighted by Gasteiger charge is -2.18. The summed E-state index contributed by atoms with van der Waals surface area (Å²) in [4.78, 5) is 13.8. The zero-order chi connectivity index (χ0) is 11.1. The van der Waals surface area contributed by atoms with Crippen molar-refractivity contribution in [3.05, 3.63) is 0 Å². The van der Waals surface area contributed by atoms with Gasteiger partial charge in [0.25, 0.3) is 0 Å². The highest BCUT2D eigenvalue weighted by atomic mass is 16.3. The van der Waals surface area contributed by atoms with Crippen molar-refractivity contribution in [3.63, 3.8) is 0 Å². The molecule has 2 N–H and O–H groups in total. The summed E-state index contributed by atoms with van der Waals surface area (Å²) in [7, 11) is 0. The van der Waals surface area contributed by atoms with Crippen molar-refractivity contribution < 1.29 is 9.90 Å². The lowest BCUT2D eigenvalue weighted by Crippen LogP contribution is -2.38. The maximum absolute atomic E-state index is 11.9. The molecule has 0 spiro atoms. The lowest BCUT2D eigenvalue weighted by molar-refractivity contribution is -0.129. The van der Waals surface area contributed by atoms with Crippen molar-refractivity contribution in [3.8, 4) is 0 Å². The van der Waals surface area contributed by atoms with Crippen LogP contribution < -0.4 is 5.32 Å². The molecule has 0 bridgehead atoms. The van der Waals surface area contributed by atoms with Crippen LogP contribution in [0.5, 0.6) is 0 Å². The minimum Gasteiger partial charge on any atom is -0.393 e. The zero-order valence-corrected chi connectivity index (χ0v) is 9.56. The van der Waals surface area contributed by atoms with Gasteiger partial charge in [0.15, 0.2) is 0 Å². The monoisotopic (exact) mass is 224 g/mol. The molecule has 4 nitrogen and oxygen atoms in total. The van der Waals surface area contributed by atoms with Crippen LogP contribution in [0, 0.1) is 11.8 Å². The van der Waals surface area contributed by atoms with Gasteiger partial charge in [0.1, 0.15) is 0 Å². The number of likely N-dealkylation sites (tertiary alicyclic amines) is 1. The van der Waals surface area contributed by atoms with E-state index in [1.54, 1.807) is 0 Å². The second-order valence-electron chi connectivity index (χ2n) is 5.52. The average Bonchev–Trinajstić information content (AvgIpc) is 2.90. The molecular formula is C12H20N2O2. The van der Waals surface area contributed by atoms with Crippen molar-refractivity contribution in [1.82, 2.24) is 10.2 Å². The molecule has 1 heterocycles. The van der Waals surface area contributed by atoms with Crippen molar-refractivity contribution in [1.29, 1.82) is 0 Å². The summed E-state index contributed by atoms with van der Waals surface area (Å²) in [6.07, 6.45) is 4.29. The first-order chi connectivity index (χ1) is 7.74. The molecule has 1 aliphatic heterocycles. The van der Waals surface area contributed by atoms with Crippen LogP contribution in [0.15, 0.2) is 0 Å². The maximum atomic E-state index is 11.9. The number of hydrogen-bond donors (Lipinski definition) is 2. The number of fused-ring (bicyclic) bond motifs is 1. The van der Waals surface area contributed by atoms with Gasteiger partial charge in [-0.25, -0.2) is 0 Å². The summed E-state index contributed by atoms with van der Waals surface area (Å²) in [5, 5.41) is 13.0. The van der Waals surface area contributed by atoms with Crippen molar-refractivity contribution in [2.75, 3.05) is 19.6 Å². The number of nitrogens with zero attached hydrogens (tertiary/aromatic N) is 1. The Kier molecular flexibility index (Phi) is 2.64. The topological polar surface area (TPSA) is 52.6 Å². The Hall–Kier alpha value is -0.610. The Morgan fingerprint density at radius 1 is 1.25 bits per heavy atom. The Balaban J connectivity index is 1.50. The Labute approximate surface area is 96.0 Å². The second kappa shape index (κ2) is 4.00. The number of aliphatic hydroxyl groups is 1. The van der Waals surface area contributed by atoms with Crippen LogP contribution in [0.1, 0.15) is 25.7 Å². The van der Waals surface area contributed by atoms with Crippen molar-refractivity contribution >= 4 is 5.91 Å². The molecule has 0 aromatic carbocycles. The quantitative estimate of drug-likeness (QED) is 0.707. The van der Waals surface area contributed by atoms with E-state index >= 15 is 0 Å². The number of rotatable bonds is 3. The Morgan fingerprint density at radius 2 is 2.06 bits per heavy atom. The first-order valence-electron chi connectivity index (χ1n) is 6.43. The SMILES string of the molecule is O=C(CNC1CC1)N1CC2CCC(O)C2C1. The molecule has 3 atom stereocenters. The summed E-state index contributed by atoms with van der Waals surface area (Å²) >= 11 is 0. The van der Waals surface area contributed by atoms with E-state index in [0.717, 1.165) is 25.9 Å². The first-order valence-corrected chi connectivity index (χ1v) is 6.43. The average molecular weight is 224 g/mol. The molecule has 4 heteroatoms. The van der Waals surface area contributed by atoms with Crippen LogP contribution in [-0.4, -0.2) is 47.7 Å². The molecule has 0 aromatic rings. The molecule has 2 saturated carbocycles. The van der Waals surface area contributed by atoms with E-state index in [9.17, 15) is 9.90 Å². The molecule has 3 rings (SSSR count).